The molecule has 1 aromatic rings. The predicted molar refractivity (Wildman–Crippen MR) is 88.7 cm³/mol. The van der Waals surface area contributed by atoms with E-state index in [2.05, 4.69) is 0 Å². The van der Waals surface area contributed by atoms with Crippen LogP contribution in [-0.2, 0) is 14.8 Å². The maximum atomic E-state index is 12.8. The molecule has 134 valence electrons. The number of amides is 1. The molecule has 1 unspecified atom stereocenters. The van der Waals surface area contributed by atoms with Crippen LogP contribution in [-0.4, -0.2) is 72.8 Å². The van der Waals surface area contributed by atoms with Crippen LogP contribution in [0.1, 0.15) is 22.5 Å². The molecule has 1 N–H and O–H groups in total. The summed E-state index contributed by atoms with van der Waals surface area (Å²) in [5, 5.41) is 8.71. The minimum atomic E-state index is -3.78. The summed E-state index contributed by atoms with van der Waals surface area (Å²) in [6, 6.07) is 0.795. The summed E-state index contributed by atoms with van der Waals surface area (Å²) >= 11 is 1.60. The minimum absolute atomic E-state index is 0.140. The number of carboxylic acid groups (broad SMARTS) is 1. The normalized spacial score (nSPS) is 18.8. The molecule has 0 aliphatic carbocycles. The molecule has 0 radical (unpaired) electrons. The number of carbonyl (C=O) groups excluding carboxylic acids is 1. The van der Waals surface area contributed by atoms with E-state index in [0.717, 1.165) is 4.31 Å². The molecule has 2 heterocycles. The Morgan fingerprint density at radius 3 is 2.71 bits per heavy atom. The number of hydrogen-bond donors (Lipinski definition) is 1. The highest BCUT2D eigenvalue weighted by atomic mass is 32.2. The average Bonchev–Trinajstić information content (AvgIpc) is 2.89. The second-order valence-electron chi connectivity index (χ2n) is 5.65. The molecule has 10 heteroatoms. The third-order valence-corrected chi connectivity index (χ3v) is 6.52. The van der Waals surface area contributed by atoms with Crippen LogP contribution < -0.4 is 0 Å². The Bertz CT molecular complexity index is 740. The minimum Gasteiger partial charge on any atom is -0.481 e. The molecule has 0 saturated carbocycles. The van der Waals surface area contributed by atoms with Gasteiger partial charge in [-0.15, -0.1) is 0 Å². The molecule has 0 spiro atoms. The van der Waals surface area contributed by atoms with Crippen molar-refractivity contribution in [2.24, 2.45) is 0 Å². The number of carboxylic acids is 1. The highest BCUT2D eigenvalue weighted by molar-refractivity contribution is 7.99. The lowest BCUT2D eigenvalue weighted by Crippen LogP contribution is -2.47. The van der Waals surface area contributed by atoms with Crippen LogP contribution >= 0.6 is 11.8 Å². The number of rotatable bonds is 5. The van der Waals surface area contributed by atoms with Gasteiger partial charge in [-0.2, -0.15) is 11.8 Å². The maximum Gasteiger partial charge on any atom is 0.305 e. The SMILES string of the molecule is Cc1oc(S(=O)(=O)N(C)C)cc1C(=O)N1CCSCC1CC(=O)O. The first-order valence-electron chi connectivity index (χ1n) is 7.28. The Morgan fingerprint density at radius 2 is 2.12 bits per heavy atom. The van der Waals surface area contributed by atoms with E-state index >= 15 is 0 Å². The first kappa shape index (κ1) is 18.8. The quantitative estimate of drug-likeness (QED) is 0.812. The molecule has 1 aliphatic heterocycles. The van der Waals surface area contributed by atoms with E-state index in [-0.39, 0.29) is 22.8 Å². The van der Waals surface area contributed by atoms with E-state index in [9.17, 15) is 18.0 Å². The van der Waals surface area contributed by atoms with Crippen LogP contribution in [0.15, 0.2) is 15.6 Å². The van der Waals surface area contributed by atoms with Crippen molar-refractivity contribution < 1.29 is 27.5 Å². The highest BCUT2D eigenvalue weighted by Gasteiger charge is 2.33. The average molecular weight is 376 g/mol. The number of aliphatic carboxylic acids is 1. The molecular formula is C14H20N2O6S2. The smallest absolute Gasteiger partial charge is 0.305 e. The van der Waals surface area contributed by atoms with Crippen LogP contribution in [0.5, 0.6) is 0 Å². The van der Waals surface area contributed by atoms with E-state index in [1.165, 1.54) is 32.0 Å². The Kier molecular flexibility index (Phi) is 5.61. The molecule has 0 bridgehead atoms. The van der Waals surface area contributed by atoms with Gasteiger partial charge >= 0.3 is 5.97 Å². The second-order valence-corrected chi connectivity index (χ2v) is 8.88. The van der Waals surface area contributed by atoms with Crippen LogP contribution in [0.3, 0.4) is 0 Å². The molecule has 1 fully saturated rings. The molecule has 1 aromatic heterocycles. The van der Waals surface area contributed by atoms with Crippen molar-refractivity contribution in [2.75, 3.05) is 32.1 Å². The number of carbonyl (C=O) groups is 2. The van der Waals surface area contributed by atoms with Gasteiger partial charge in [-0.25, -0.2) is 12.7 Å². The largest absolute Gasteiger partial charge is 0.481 e. The molecule has 24 heavy (non-hydrogen) atoms. The van der Waals surface area contributed by atoms with Crippen LogP contribution in [0.2, 0.25) is 0 Å². The monoisotopic (exact) mass is 376 g/mol. The van der Waals surface area contributed by atoms with Gasteiger partial charge in [-0.05, 0) is 6.92 Å². The summed E-state index contributed by atoms with van der Waals surface area (Å²) in [4.78, 5) is 25.3. The lowest BCUT2D eigenvalue weighted by molar-refractivity contribution is -0.138. The molecule has 1 aliphatic rings. The van der Waals surface area contributed by atoms with Gasteiger partial charge in [0.1, 0.15) is 5.76 Å². The van der Waals surface area contributed by atoms with Crippen molar-refractivity contribution in [3.63, 3.8) is 0 Å². The molecular weight excluding hydrogens is 356 g/mol. The lowest BCUT2D eigenvalue weighted by Gasteiger charge is -2.34. The van der Waals surface area contributed by atoms with Gasteiger partial charge in [-0.3, -0.25) is 9.59 Å². The standard InChI is InChI=1S/C14H20N2O6S2/c1-9-11(7-13(22-9)24(20,21)15(2)3)14(19)16-4-5-23-8-10(16)6-12(17)18/h7,10H,4-6,8H2,1-3H3,(H,17,18). The summed E-state index contributed by atoms with van der Waals surface area (Å²) in [5.74, 6) is 0.0789. The van der Waals surface area contributed by atoms with Crippen LogP contribution in [0, 0.1) is 6.92 Å². The van der Waals surface area contributed by atoms with Crippen molar-refractivity contribution in [3.05, 3.63) is 17.4 Å². The number of nitrogens with zero attached hydrogens (tertiary/aromatic N) is 2. The summed E-state index contributed by atoms with van der Waals surface area (Å²) in [5.41, 5.74) is 0.151. The van der Waals surface area contributed by atoms with Gasteiger partial charge in [0.15, 0.2) is 0 Å². The Balaban J connectivity index is 2.32. The number of furan rings is 1. The first-order valence-corrected chi connectivity index (χ1v) is 9.87. The summed E-state index contributed by atoms with van der Waals surface area (Å²) in [6.07, 6.45) is -0.140. The van der Waals surface area contributed by atoms with E-state index < -0.39 is 27.9 Å². The second kappa shape index (κ2) is 7.16. The first-order chi connectivity index (χ1) is 11.1. The molecule has 1 amide bonds. The fraction of sp³-hybridized carbons (Fsp3) is 0.571. The topological polar surface area (TPSA) is 108 Å². The zero-order valence-corrected chi connectivity index (χ0v) is 15.3. The van der Waals surface area contributed by atoms with E-state index in [1.54, 1.807) is 11.8 Å². The summed E-state index contributed by atoms with van der Waals surface area (Å²) < 4.78 is 30.5. The number of hydrogen-bond acceptors (Lipinski definition) is 6. The molecule has 0 aromatic carbocycles. The van der Waals surface area contributed by atoms with E-state index in [0.29, 0.717) is 18.1 Å². The van der Waals surface area contributed by atoms with Crippen molar-refractivity contribution >= 4 is 33.7 Å². The predicted octanol–water partition coefficient (Wildman–Crippen LogP) is 0.871. The third-order valence-electron chi connectivity index (χ3n) is 3.76. The van der Waals surface area contributed by atoms with Crippen molar-refractivity contribution in [1.29, 1.82) is 0 Å². The molecule has 1 atom stereocenters. The maximum absolute atomic E-state index is 12.8. The number of aryl methyl sites for hydroxylation is 1. The fourth-order valence-electron chi connectivity index (χ4n) is 2.42. The Morgan fingerprint density at radius 1 is 1.46 bits per heavy atom. The van der Waals surface area contributed by atoms with Gasteiger partial charge in [0, 0.05) is 38.2 Å². The zero-order chi connectivity index (χ0) is 18.1. The number of sulfonamides is 1. The van der Waals surface area contributed by atoms with Crippen LogP contribution in [0.25, 0.3) is 0 Å². The fourth-order valence-corrected chi connectivity index (χ4v) is 4.34. The van der Waals surface area contributed by atoms with Gasteiger partial charge in [0.2, 0.25) is 5.09 Å². The number of thioether (sulfide) groups is 1. The van der Waals surface area contributed by atoms with E-state index in [4.69, 9.17) is 9.52 Å². The Hall–Kier alpha value is -1.52. The van der Waals surface area contributed by atoms with Crippen molar-refractivity contribution in [3.8, 4) is 0 Å². The van der Waals surface area contributed by atoms with Gasteiger partial charge in [-0.1, -0.05) is 0 Å². The summed E-state index contributed by atoms with van der Waals surface area (Å²) in [7, 11) is -1.03. The van der Waals surface area contributed by atoms with Gasteiger partial charge in [0.05, 0.1) is 18.0 Å². The van der Waals surface area contributed by atoms with E-state index in [1.807, 2.05) is 0 Å². The molecule has 2 rings (SSSR count). The van der Waals surface area contributed by atoms with Crippen LogP contribution in [0.4, 0.5) is 0 Å². The van der Waals surface area contributed by atoms with Gasteiger partial charge in [0.25, 0.3) is 15.9 Å². The highest BCUT2D eigenvalue weighted by Crippen LogP contribution is 2.26. The Labute approximate surface area is 144 Å². The molecule has 8 nitrogen and oxygen atoms in total. The lowest BCUT2D eigenvalue weighted by atomic mass is 10.1. The van der Waals surface area contributed by atoms with Gasteiger partial charge < -0.3 is 14.4 Å². The molecule has 1 saturated heterocycles. The third kappa shape index (κ3) is 3.76. The summed E-state index contributed by atoms with van der Waals surface area (Å²) in [6.45, 7) is 1.94. The van der Waals surface area contributed by atoms with Crippen molar-refractivity contribution in [2.45, 2.75) is 24.5 Å². The van der Waals surface area contributed by atoms with Crippen molar-refractivity contribution in [1.82, 2.24) is 9.21 Å². The zero-order valence-electron chi connectivity index (χ0n) is 13.7.